The van der Waals surface area contributed by atoms with Crippen molar-refractivity contribution in [1.29, 1.82) is 0 Å². The predicted octanol–water partition coefficient (Wildman–Crippen LogP) is 1.97. The molecule has 6 nitrogen and oxygen atoms in total. The van der Waals surface area contributed by atoms with Crippen LogP contribution in [0.2, 0.25) is 5.02 Å². The number of ether oxygens (including phenoxy) is 1. The van der Waals surface area contributed by atoms with E-state index in [1.165, 1.54) is 4.31 Å². The SMILES string of the molecule is Cc1cc(S(=O)(=O)N2CCC[C@@H]2C(=O)N2CCOCC2)c(C)cc1Cl. The summed E-state index contributed by atoms with van der Waals surface area (Å²) in [6.07, 6.45) is 1.24. The highest BCUT2D eigenvalue weighted by molar-refractivity contribution is 7.89. The van der Waals surface area contributed by atoms with Crippen molar-refractivity contribution < 1.29 is 17.9 Å². The molecule has 0 radical (unpaired) electrons. The summed E-state index contributed by atoms with van der Waals surface area (Å²) in [6.45, 7) is 5.91. The molecule has 0 saturated carbocycles. The van der Waals surface area contributed by atoms with Gasteiger partial charge in [0.2, 0.25) is 15.9 Å². The van der Waals surface area contributed by atoms with Crippen molar-refractivity contribution in [1.82, 2.24) is 9.21 Å². The third kappa shape index (κ3) is 3.56. The van der Waals surface area contributed by atoms with Gasteiger partial charge in [-0.05, 0) is 49.9 Å². The van der Waals surface area contributed by atoms with Crippen molar-refractivity contribution in [3.05, 3.63) is 28.3 Å². The molecule has 2 fully saturated rings. The average molecular weight is 387 g/mol. The first kappa shape index (κ1) is 18.6. The maximum Gasteiger partial charge on any atom is 0.244 e. The van der Waals surface area contributed by atoms with E-state index in [-0.39, 0.29) is 10.8 Å². The van der Waals surface area contributed by atoms with E-state index in [2.05, 4.69) is 0 Å². The minimum absolute atomic E-state index is 0.118. The van der Waals surface area contributed by atoms with Crippen molar-refractivity contribution in [2.45, 2.75) is 37.6 Å². The quantitative estimate of drug-likeness (QED) is 0.796. The molecule has 2 heterocycles. The molecule has 1 aromatic carbocycles. The van der Waals surface area contributed by atoms with Crippen LogP contribution in [0.4, 0.5) is 0 Å². The molecule has 3 rings (SSSR count). The Hall–Kier alpha value is -1.15. The van der Waals surface area contributed by atoms with E-state index in [9.17, 15) is 13.2 Å². The number of morpholine rings is 1. The fourth-order valence-electron chi connectivity index (χ4n) is 3.43. The van der Waals surface area contributed by atoms with Crippen LogP contribution in [0.3, 0.4) is 0 Å². The Bertz CT molecular complexity index is 775. The fourth-order valence-corrected chi connectivity index (χ4v) is 5.59. The Morgan fingerprint density at radius 2 is 1.84 bits per heavy atom. The van der Waals surface area contributed by atoms with Crippen LogP contribution in [0.15, 0.2) is 17.0 Å². The Labute approximate surface area is 153 Å². The molecular formula is C17H23ClN2O4S. The lowest BCUT2D eigenvalue weighted by Gasteiger charge is -2.32. The smallest absolute Gasteiger partial charge is 0.244 e. The van der Waals surface area contributed by atoms with E-state index in [4.69, 9.17) is 16.3 Å². The summed E-state index contributed by atoms with van der Waals surface area (Å²) < 4.78 is 33.0. The molecule has 0 aliphatic carbocycles. The standard InChI is InChI=1S/C17H23ClN2O4S/c1-12-11-16(13(2)10-14(12)18)25(22,23)20-5-3-4-15(20)17(21)19-6-8-24-9-7-19/h10-11,15H,3-9H2,1-2H3/t15-/m1/s1. The predicted molar refractivity (Wildman–Crippen MR) is 95.2 cm³/mol. The number of hydrogen-bond acceptors (Lipinski definition) is 4. The molecule has 138 valence electrons. The molecule has 0 unspecified atom stereocenters. The molecule has 2 saturated heterocycles. The van der Waals surface area contributed by atoms with Gasteiger partial charge in [0.25, 0.3) is 0 Å². The fraction of sp³-hybridized carbons (Fsp3) is 0.588. The molecule has 0 N–H and O–H groups in total. The van der Waals surface area contributed by atoms with E-state index >= 15 is 0 Å². The number of aryl methyl sites for hydroxylation is 2. The Morgan fingerprint density at radius 1 is 1.16 bits per heavy atom. The molecule has 8 heteroatoms. The van der Waals surface area contributed by atoms with Gasteiger partial charge in [0.05, 0.1) is 18.1 Å². The molecule has 1 atom stereocenters. The Kier molecular flexibility index (Phi) is 5.39. The largest absolute Gasteiger partial charge is 0.378 e. The number of halogens is 1. The average Bonchev–Trinajstić information content (AvgIpc) is 3.08. The zero-order chi connectivity index (χ0) is 18.2. The highest BCUT2D eigenvalue weighted by atomic mass is 35.5. The number of carbonyl (C=O) groups excluding carboxylic acids is 1. The summed E-state index contributed by atoms with van der Waals surface area (Å²) in [4.78, 5) is 14.8. The van der Waals surface area contributed by atoms with Crippen molar-refractivity contribution in [2.24, 2.45) is 0 Å². The van der Waals surface area contributed by atoms with Gasteiger partial charge < -0.3 is 9.64 Å². The number of carbonyl (C=O) groups is 1. The van der Waals surface area contributed by atoms with Crippen LogP contribution in [0.25, 0.3) is 0 Å². The van der Waals surface area contributed by atoms with E-state index < -0.39 is 16.1 Å². The minimum atomic E-state index is -3.75. The molecule has 2 aliphatic heterocycles. The van der Waals surface area contributed by atoms with Crippen molar-refractivity contribution >= 4 is 27.5 Å². The number of rotatable bonds is 3. The first-order valence-electron chi connectivity index (χ1n) is 8.47. The van der Waals surface area contributed by atoms with Gasteiger partial charge in [0, 0.05) is 24.7 Å². The maximum atomic E-state index is 13.2. The van der Waals surface area contributed by atoms with E-state index in [0.29, 0.717) is 61.8 Å². The number of benzene rings is 1. The van der Waals surface area contributed by atoms with E-state index in [0.717, 1.165) is 0 Å². The van der Waals surface area contributed by atoms with Crippen LogP contribution in [0.5, 0.6) is 0 Å². The van der Waals surface area contributed by atoms with E-state index in [1.54, 1.807) is 30.9 Å². The van der Waals surface area contributed by atoms with E-state index in [1.807, 2.05) is 0 Å². The van der Waals surface area contributed by atoms with Gasteiger partial charge in [-0.3, -0.25) is 4.79 Å². The molecular weight excluding hydrogens is 364 g/mol. The van der Waals surface area contributed by atoms with Gasteiger partial charge in [0.1, 0.15) is 6.04 Å². The molecule has 1 aromatic rings. The minimum Gasteiger partial charge on any atom is -0.378 e. The molecule has 25 heavy (non-hydrogen) atoms. The van der Waals surface area contributed by atoms with Gasteiger partial charge in [0.15, 0.2) is 0 Å². The summed E-state index contributed by atoms with van der Waals surface area (Å²) >= 11 is 6.10. The summed E-state index contributed by atoms with van der Waals surface area (Å²) in [6, 6.07) is 2.64. The highest BCUT2D eigenvalue weighted by Gasteiger charge is 2.41. The van der Waals surface area contributed by atoms with Gasteiger partial charge in [-0.25, -0.2) is 8.42 Å². The highest BCUT2D eigenvalue weighted by Crippen LogP contribution is 2.31. The third-order valence-electron chi connectivity index (χ3n) is 4.85. The van der Waals surface area contributed by atoms with Gasteiger partial charge in [-0.15, -0.1) is 0 Å². The first-order valence-corrected chi connectivity index (χ1v) is 10.3. The lowest BCUT2D eigenvalue weighted by atomic mass is 10.2. The van der Waals surface area contributed by atoms with Gasteiger partial charge >= 0.3 is 0 Å². The lowest BCUT2D eigenvalue weighted by Crippen LogP contribution is -2.51. The molecule has 1 amide bonds. The van der Waals surface area contributed by atoms with Crippen molar-refractivity contribution in [3.63, 3.8) is 0 Å². The molecule has 0 spiro atoms. The third-order valence-corrected chi connectivity index (χ3v) is 7.31. The van der Waals surface area contributed by atoms with Crippen molar-refractivity contribution in [2.75, 3.05) is 32.8 Å². The first-order chi connectivity index (χ1) is 11.8. The second-order valence-electron chi connectivity index (χ2n) is 6.58. The number of amides is 1. The summed E-state index contributed by atoms with van der Waals surface area (Å²) in [7, 11) is -3.75. The van der Waals surface area contributed by atoms with Gasteiger partial charge in [-0.1, -0.05) is 11.6 Å². The number of hydrogen-bond donors (Lipinski definition) is 0. The summed E-state index contributed by atoms with van der Waals surface area (Å²) in [5.41, 5.74) is 1.31. The monoisotopic (exact) mass is 386 g/mol. The second kappa shape index (κ2) is 7.23. The normalized spacial score (nSPS) is 22.4. The Morgan fingerprint density at radius 3 is 2.52 bits per heavy atom. The van der Waals surface area contributed by atoms with Crippen LogP contribution >= 0.6 is 11.6 Å². The molecule has 2 aliphatic rings. The van der Waals surface area contributed by atoms with Crippen molar-refractivity contribution in [3.8, 4) is 0 Å². The zero-order valence-corrected chi connectivity index (χ0v) is 16.1. The Balaban J connectivity index is 1.90. The number of nitrogens with zero attached hydrogens (tertiary/aromatic N) is 2. The maximum absolute atomic E-state index is 13.2. The van der Waals surface area contributed by atoms with Gasteiger partial charge in [-0.2, -0.15) is 4.31 Å². The topological polar surface area (TPSA) is 66.9 Å². The van der Waals surface area contributed by atoms with Crippen LogP contribution in [0.1, 0.15) is 24.0 Å². The number of sulfonamides is 1. The molecule has 0 bridgehead atoms. The molecule has 0 aromatic heterocycles. The van der Waals surface area contributed by atoms with Crippen LogP contribution in [-0.2, 0) is 19.6 Å². The summed E-state index contributed by atoms with van der Waals surface area (Å²) in [5.74, 6) is -0.118. The second-order valence-corrected chi connectivity index (χ2v) is 8.84. The van der Waals surface area contributed by atoms with Crippen LogP contribution in [-0.4, -0.2) is 62.4 Å². The lowest BCUT2D eigenvalue weighted by molar-refractivity contribution is -0.138. The summed E-state index contributed by atoms with van der Waals surface area (Å²) in [5, 5.41) is 0.541. The zero-order valence-electron chi connectivity index (χ0n) is 14.5. The van der Waals surface area contributed by atoms with Crippen LogP contribution < -0.4 is 0 Å². The van der Waals surface area contributed by atoms with Crippen LogP contribution in [0, 0.1) is 13.8 Å².